The van der Waals surface area contributed by atoms with E-state index in [1.54, 1.807) is 12.1 Å². The molecule has 22 heavy (non-hydrogen) atoms. The number of hydrogen-bond donors (Lipinski definition) is 1. The highest BCUT2D eigenvalue weighted by Gasteiger charge is 2.09. The van der Waals surface area contributed by atoms with Gasteiger partial charge in [-0.05, 0) is 65.2 Å². The molecule has 0 saturated heterocycles. The summed E-state index contributed by atoms with van der Waals surface area (Å²) in [5.74, 6) is 0.631. The Bertz CT molecular complexity index is 655. The molecule has 3 nitrogen and oxygen atoms in total. The van der Waals surface area contributed by atoms with Crippen LogP contribution < -0.4 is 10.1 Å². The minimum atomic E-state index is -0.133. The van der Waals surface area contributed by atoms with E-state index in [0.29, 0.717) is 12.2 Å². The maximum absolute atomic E-state index is 12.3. The fourth-order valence-corrected chi connectivity index (χ4v) is 2.50. The standard InChI is InChI=1S/C18H20BrNO2/c1-3-4-10-22-17-9-8-14(12-16(17)19)18(21)20-15-7-5-6-13(2)11-15/h5-9,11-12H,3-4,10H2,1-2H3,(H,20,21). The Morgan fingerprint density at radius 3 is 2.73 bits per heavy atom. The molecule has 0 aromatic heterocycles. The number of ether oxygens (including phenoxy) is 1. The van der Waals surface area contributed by atoms with Crippen LogP contribution in [0.5, 0.6) is 5.75 Å². The molecule has 0 spiro atoms. The van der Waals surface area contributed by atoms with Crippen molar-refractivity contribution in [2.24, 2.45) is 0 Å². The Kier molecular flexibility index (Phi) is 6.01. The Morgan fingerprint density at radius 1 is 1.23 bits per heavy atom. The van der Waals surface area contributed by atoms with Crippen LogP contribution in [0, 0.1) is 6.92 Å². The van der Waals surface area contributed by atoms with Gasteiger partial charge in [0.25, 0.3) is 5.91 Å². The molecule has 0 unspecified atom stereocenters. The van der Waals surface area contributed by atoms with Crippen molar-refractivity contribution in [2.75, 3.05) is 11.9 Å². The number of rotatable bonds is 6. The molecule has 0 fully saturated rings. The van der Waals surface area contributed by atoms with Gasteiger partial charge >= 0.3 is 0 Å². The zero-order chi connectivity index (χ0) is 15.9. The van der Waals surface area contributed by atoms with Gasteiger partial charge < -0.3 is 10.1 Å². The molecule has 0 heterocycles. The SMILES string of the molecule is CCCCOc1ccc(C(=O)Nc2cccc(C)c2)cc1Br. The van der Waals surface area contributed by atoms with Crippen molar-refractivity contribution in [1.29, 1.82) is 0 Å². The maximum Gasteiger partial charge on any atom is 0.255 e. The lowest BCUT2D eigenvalue weighted by Gasteiger charge is -2.10. The van der Waals surface area contributed by atoms with Crippen LogP contribution >= 0.6 is 15.9 Å². The number of unbranched alkanes of at least 4 members (excludes halogenated alkanes) is 1. The molecule has 4 heteroatoms. The molecule has 116 valence electrons. The Balaban J connectivity index is 2.05. The first-order valence-electron chi connectivity index (χ1n) is 7.40. The number of benzene rings is 2. The van der Waals surface area contributed by atoms with Gasteiger partial charge in [0, 0.05) is 11.3 Å². The quantitative estimate of drug-likeness (QED) is 0.719. The summed E-state index contributed by atoms with van der Waals surface area (Å²) in [7, 11) is 0. The van der Waals surface area contributed by atoms with Crippen molar-refractivity contribution in [1.82, 2.24) is 0 Å². The van der Waals surface area contributed by atoms with Gasteiger partial charge in [0.1, 0.15) is 5.75 Å². The van der Waals surface area contributed by atoms with E-state index >= 15 is 0 Å². The monoisotopic (exact) mass is 361 g/mol. The van der Waals surface area contributed by atoms with Crippen molar-refractivity contribution in [3.05, 3.63) is 58.1 Å². The summed E-state index contributed by atoms with van der Waals surface area (Å²) in [6, 6.07) is 13.1. The highest BCUT2D eigenvalue weighted by atomic mass is 79.9. The first-order valence-corrected chi connectivity index (χ1v) is 8.20. The molecule has 2 rings (SSSR count). The second-order valence-corrected chi connectivity index (χ2v) is 6.03. The Morgan fingerprint density at radius 2 is 2.05 bits per heavy atom. The molecule has 0 aliphatic rings. The van der Waals surface area contributed by atoms with E-state index in [1.807, 2.05) is 37.3 Å². The van der Waals surface area contributed by atoms with Crippen molar-refractivity contribution in [2.45, 2.75) is 26.7 Å². The molecular weight excluding hydrogens is 342 g/mol. The van der Waals surface area contributed by atoms with Gasteiger partial charge in [-0.2, -0.15) is 0 Å². The fraction of sp³-hybridized carbons (Fsp3) is 0.278. The minimum absolute atomic E-state index is 0.133. The predicted octanol–water partition coefficient (Wildman–Crippen LogP) is 5.19. The van der Waals surface area contributed by atoms with E-state index < -0.39 is 0 Å². The van der Waals surface area contributed by atoms with Gasteiger partial charge in [0.05, 0.1) is 11.1 Å². The van der Waals surface area contributed by atoms with Gasteiger partial charge in [-0.25, -0.2) is 0 Å². The van der Waals surface area contributed by atoms with E-state index in [0.717, 1.165) is 34.3 Å². The average molecular weight is 362 g/mol. The molecule has 1 amide bonds. The van der Waals surface area contributed by atoms with E-state index in [9.17, 15) is 4.79 Å². The maximum atomic E-state index is 12.3. The number of hydrogen-bond acceptors (Lipinski definition) is 2. The van der Waals surface area contributed by atoms with Crippen LogP contribution in [0.2, 0.25) is 0 Å². The summed E-state index contributed by atoms with van der Waals surface area (Å²) in [5, 5.41) is 2.90. The molecule has 0 radical (unpaired) electrons. The summed E-state index contributed by atoms with van der Waals surface area (Å²) in [6.07, 6.45) is 2.11. The molecule has 0 aliphatic heterocycles. The summed E-state index contributed by atoms with van der Waals surface area (Å²) in [5.41, 5.74) is 2.50. The smallest absolute Gasteiger partial charge is 0.255 e. The van der Waals surface area contributed by atoms with Gasteiger partial charge in [-0.3, -0.25) is 4.79 Å². The van der Waals surface area contributed by atoms with Crippen molar-refractivity contribution >= 4 is 27.5 Å². The molecule has 0 saturated carbocycles. The third-order valence-corrected chi connectivity index (χ3v) is 3.85. The minimum Gasteiger partial charge on any atom is -0.492 e. The fourth-order valence-electron chi connectivity index (χ4n) is 2.01. The van der Waals surface area contributed by atoms with E-state index in [2.05, 4.69) is 28.2 Å². The second kappa shape index (κ2) is 7.99. The second-order valence-electron chi connectivity index (χ2n) is 5.17. The van der Waals surface area contributed by atoms with E-state index in [-0.39, 0.29) is 5.91 Å². The van der Waals surface area contributed by atoms with Crippen molar-refractivity contribution in [3.63, 3.8) is 0 Å². The van der Waals surface area contributed by atoms with Crippen LogP contribution in [0.4, 0.5) is 5.69 Å². The number of aryl methyl sites for hydroxylation is 1. The molecule has 0 bridgehead atoms. The zero-order valence-electron chi connectivity index (χ0n) is 12.9. The zero-order valence-corrected chi connectivity index (χ0v) is 14.4. The molecule has 0 atom stereocenters. The lowest BCUT2D eigenvalue weighted by molar-refractivity contribution is 0.102. The van der Waals surface area contributed by atoms with Crippen LogP contribution in [-0.2, 0) is 0 Å². The summed E-state index contributed by atoms with van der Waals surface area (Å²) >= 11 is 3.46. The summed E-state index contributed by atoms with van der Waals surface area (Å²) in [6.45, 7) is 4.80. The van der Waals surface area contributed by atoms with Crippen LogP contribution in [0.3, 0.4) is 0 Å². The van der Waals surface area contributed by atoms with Gasteiger partial charge in [-0.15, -0.1) is 0 Å². The van der Waals surface area contributed by atoms with Crippen molar-refractivity contribution < 1.29 is 9.53 Å². The molecule has 2 aromatic rings. The van der Waals surface area contributed by atoms with E-state index in [4.69, 9.17) is 4.74 Å². The summed E-state index contributed by atoms with van der Waals surface area (Å²) in [4.78, 5) is 12.3. The number of carbonyl (C=O) groups is 1. The molecule has 0 aliphatic carbocycles. The highest BCUT2D eigenvalue weighted by molar-refractivity contribution is 9.10. The number of amides is 1. The number of nitrogens with one attached hydrogen (secondary N) is 1. The molecule has 1 N–H and O–H groups in total. The molecule has 2 aromatic carbocycles. The number of halogens is 1. The predicted molar refractivity (Wildman–Crippen MR) is 93.7 cm³/mol. The lowest BCUT2D eigenvalue weighted by Crippen LogP contribution is -2.12. The van der Waals surface area contributed by atoms with Gasteiger partial charge in [0.15, 0.2) is 0 Å². The highest BCUT2D eigenvalue weighted by Crippen LogP contribution is 2.26. The van der Waals surface area contributed by atoms with Crippen LogP contribution in [0.1, 0.15) is 35.7 Å². The lowest BCUT2D eigenvalue weighted by atomic mass is 10.2. The topological polar surface area (TPSA) is 38.3 Å². The van der Waals surface area contributed by atoms with Crippen LogP contribution in [-0.4, -0.2) is 12.5 Å². The first kappa shape index (κ1) is 16.6. The first-order chi connectivity index (χ1) is 10.6. The van der Waals surface area contributed by atoms with Gasteiger partial charge in [0.2, 0.25) is 0 Å². The molecular formula is C18H20BrNO2. The van der Waals surface area contributed by atoms with Crippen molar-refractivity contribution in [3.8, 4) is 5.75 Å². The van der Waals surface area contributed by atoms with E-state index in [1.165, 1.54) is 0 Å². The average Bonchev–Trinajstić information content (AvgIpc) is 2.49. The third-order valence-electron chi connectivity index (χ3n) is 3.23. The largest absolute Gasteiger partial charge is 0.492 e. The van der Waals surface area contributed by atoms with Gasteiger partial charge in [-0.1, -0.05) is 25.5 Å². The van der Waals surface area contributed by atoms with Crippen LogP contribution in [0.15, 0.2) is 46.9 Å². The Labute approximate surface area is 139 Å². The number of carbonyl (C=O) groups excluding carboxylic acids is 1. The summed E-state index contributed by atoms with van der Waals surface area (Å²) < 4.78 is 6.46. The Hall–Kier alpha value is -1.81. The van der Waals surface area contributed by atoms with Crippen LogP contribution in [0.25, 0.3) is 0 Å². The number of anilines is 1. The normalized spacial score (nSPS) is 10.3. The third kappa shape index (κ3) is 4.60.